The van der Waals surface area contributed by atoms with Gasteiger partial charge in [-0.05, 0) is 58.5 Å². The van der Waals surface area contributed by atoms with Crippen molar-refractivity contribution in [1.82, 2.24) is 0 Å². The number of fused-ring (bicyclic) bond motifs is 3. The molecule has 0 aliphatic heterocycles. The molecule has 6 heteroatoms. The van der Waals surface area contributed by atoms with Crippen LogP contribution in [0.1, 0.15) is 23.6 Å². The molecule has 0 aromatic heterocycles. The molecule has 3 aromatic carbocycles. The van der Waals surface area contributed by atoms with Gasteiger partial charge in [0.1, 0.15) is 32.2 Å². The van der Waals surface area contributed by atoms with E-state index in [1.807, 2.05) is 37.3 Å². The lowest BCUT2D eigenvalue weighted by molar-refractivity contribution is -0.139. The van der Waals surface area contributed by atoms with Crippen LogP contribution in [0.4, 0.5) is 0 Å². The highest BCUT2D eigenvalue weighted by Crippen LogP contribution is 2.56. The quantitative estimate of drug-likeness (QED) is 0.0702. The Balaban J connectivity index is 1.71. The molecule has 42 heavy (non-hydrogen) atoms. The van der Waals surface area contributed by atoms with Gasteiger partial charge < -0.3 is 18.9 Å². The van der Waals surface area contributed by atoms with Crippen LogP contribution in [0.15, 0.2) is 134 Å². The third-order valence-electron chi connectivity index (χ3n) is 6.98. The fourth-order valence-corrected chi connectivity index (χ4v) is 5.19. The predicted molar refractivity (Wildman–Crippen MR) is 164 cm³/mol. The zero-order valence-electron chi connectivity index (χ0n) is 23.7. The van der Waals surface area contributed by atoms with Gasteiger partial charge in [0.15, 0.2) is 0 Å². The fraction of sp³-hybridized carbons (Fsp3) is 0.167. The normalized spacial score (nSPS) is 13.3. The number of rotatable bonds is 14. The molecule has 0 saturated heterocycles. The Morgan fingerprint density at radius 2 is 1.19 bits per heavy atom. The molecule has 0 spiro atoms. The van der Waals surface area contributed by atoms with Crippen molar-refractivity contribution in [3.05, 3.63) is 151 Å². The van der Waals surface area contributed by atoms with Crippen LogP contribution in [-0.4, -0.2) is 38.4 Å². The number of ether oxygens (including phenoxy) is 4. The maximum absolute atomic E-state index is 11.3. The van der Waals surface area contributed by atoms with Crippen molar-refractivity contribution in [2.75, 3.05) is 26.4 Å². The van der Waals surface area contributed by atoms with E-state index in [2.05, 4.69) is 80.4 Å². The molecule has 0 atom stereocenters. The summed E-state index contributed by atoms with van der Waals surface area (Å²) in [6, 6.07) is 24.8. The van der Waals surface area contributed by atoms with Crippen LogP contribution >= 0.6 is 0 Å². The number of carbonyl (C=O) groups excluding carboxylic acids is 2. The number of hydrogen-bond acceptors (Lipinski definition) is 6. The Kier molecular flexibility index (Phi) is 9.95. The summed E-state index contributed by atoms with van der Waals surface area (Å²) in [6.45, 7) is 13.6. The van der Waals surface area contributed by atoms with Gasteiger partial charge in [0, 0.05) is 12.2 Å². The first-order valence-corrected chi connectivity index (χ1v) is 13.6. The summed E-state index contributed by atoms with van der Waals surface area (Å²) < 4.78 is 21.6. The molecule has 0 bridgehead atoms. The van der Waals surface area contributed by atoms with Gasteiger partial charge in [-0.15, -0.1) is 0 Å². The first-order valence-electron chi connectivity index (χ1n) is 13.6. The van der Waals surface area contributed by atoms with E-state index in [0.29, 0.717) is 11.5 Å². The third kappa shape index (κ3) is 6.28. The van der Waals surface area contributed by atoms with Crippen molar-refractivity contribution in [2.24, 2.45) is 0 Å². The molecular weight excluding hydrogens is 528 g/mol. The molecule has 214 valence electrons. The second kappa shape index (κ2) is 14.0. The topological polar surface area (TPSA) is 71.1 Å². The Hall–Kier alpha value is -5.10. The SMILES string of the molecule is C=CC(=O)OCCO/C(C)=C/C=C(\C=C)C1(c2ccc(OCCOC(=O)C=C)cc2)c2ccccc2-c2ccccc21. The molecule has 0 unspecified atom stereocenters. The zero-order chi connectivity index (χ0) is 30.0. The zero-order valence-corrected chi connectivity index (χ0v) is 23.7. The van der Waals surface area contributed by atoms with Crippen LogP contribution in [0, 0.1) is 0 Å². The maximum Gasteiger partial charge on any atom is 0.330 e. The van der Waals surface area contributed by atoms with Crippen molar-refractivity contribution >= 4 is 11.9 Å². The molecule has 0 radical (unpaired) electrons. The summed E-state index contributed by atoms with van der Waals surface area (Å²) in [4.78, 5) is 22.6. The molecule has 0 amide bonds. The van der Waals surface area contributed by atoms with E-state index < -0.39 is 17.4 Å². The van der Waals surface area contributed by atoms with Crippen LogP contribution in [0.25, 0.3) is 11.1 Å². The molecule has 3 aromatic rings. The Labute approximate surface area is 246 Å². The summed E-state index contributed by atoms with van der Waals surface area (Å²) in [5.41, 5.74) is 5.96. The average Bonchev–Trinajstić information content (AvgIpc) is 3.33. The minimum Gasteiger partial charge on any atom is -0.495 e. The summed E-state index contributed by atoms with van der Waals surface area (Å²) >= 11 is 0. The molecule has 1 aliphatic carbocycles. The van der Waals surface area contributed by atoms with E-state index in [-0.39, 0.29) is 26.4 Å². The lowest BCUT2D eigenvalue weighted by Crippen LogP contribution is -2.29. The molecule has 1 aliphatic rings. The Morgan fingerprint density at radius 1 is 0.667 bits per heavy atom. The fourth-order valence-electron chi connectivity index (χ4n) is 5.19. The standard InChI is InChI=1S/C36H34O6/c1-5-27(17-16-26(4)39-22-24-41-34(37)6-2)36(28-18-20-29(21-19-28)40-23-25-42-35(38)7-3)32-14-10-8-12-30(32)31-13-9-11-15-33(31)36/h5-21H,1-3,22-25H2,4H3/b26-16+,27-17+. The second-order valence-electron chi connectivity index (χ2n) is 9.41. The van der Waals surface area contributed by atoms with Gasteiger partial charge in [-0.2, -0.15) is 0 Å². The maximum atomic E-state index is 11.3. The summed E-state index contributed by atoms with van der Waals surface area (Å²) in [7, 11) is 0. The molecule has 0 fully saturated rings. The highest BCUT2D eigenvalue weighted by atomic mass is 16.6. The average molecular weight is 563 g/mol. The van der Waals surface area contributed by atoms with Gasteiger partial charge in [0.25, 0.3) is 0 Å². The van der Waals surface area contributed by atoms with Gasteiger partial charge in [-0.25, -0.2) is 9.59 Å². The van der Waals surface area contributed by atoms with Crippen LogP contribution < -0.4 is 4.74 Å². The van der Waals surface area contributed by atoms with Gasteiger partial charge >= 0.3 is 11.9 Å². The lowest BCUT2D eigenvalue weighted by Gasteiger charge is -2.34. The first-order chi connectivity index (χ1) is 20.4. The van der Waals surface area contributed by atoms with Crippen molar-refractivity contribution in [2.45, 2.75) is 12.3 Å². The summed E-state index contributed by atoms with van der Waals surface area (Å²) in [5.74, 6) is 0.360. The third-order valence-corrected chi connectivity index (χ3v) is 6.98. The molecule has 4 rings (SSSR count). The van der Waals surface area contributed by atoms with Gasteiger partial charge in [0.05, 0.1) is 11.2 Å². The summed E-state index contributed by atoms with van der Waals surface area (Å²) in [6.07, 6.45) is 8.06. The van der Waals surface area contributed by atoms with E-state index in [1.54, 1.807) is 0 Å². The van der Waals surface area contributed by atoms with Gasteiger partial charge in [-0.3, -0.25) is 0 Å². The number of allylic oxidation sites excluding steroid dienone is 5. The van der Waals surface area contributed by atoms with E-state index in [0.717, 1.165) is 45.5 Å². The van der Waals surface area contributed by atoms with Crippen molar-refractivity contribution < 1.29 is 28.5 Å². The largest absolute Gasteiger partial charge is 0.495 e. The van der Waals surface area contributed by atoms with Crippen LogP contribution in [0.2, 0.25) is 0 Å². The minimum atomic E-state index is -0.650. The molecule has 0 heterocycles. The number of carbonyl (C=O) groups is 2. The van der Waals surface area contributed by atoms with E-state index >= 15 is 0 Å². The smallest absolute Gasteiger partial charge is 0.330 e. The Morgan fingerprint density at radius 3 is 1.74 bits per heavy atom. The highest BCUT2D eigenvalue weighted by molar-refractivity contribution is 5.86. The second-order valence-corrected chi connectivity index (χ2v) is 9.41. The van der Waals surface area contributed by atoms with Crippen molar-refractivity contribution in [1.29, 1.82) is 0 Å². The van der Waals surface area contributed by atoms with Crippen LogP contribution in [-0.2, 0) is 29.2 Å². The molecule has 0 N–H and O–H groups in total. The molecular formula is C36H34O6. The van der Waals surface area contributed by atoms with E-state index in [9.17, 15) is 9.59 Å². The minimum absolute atomic E-state index is 0.129. The first kappa shape index (κ1) is 29.9. The monoisotopic (exact) mass is 562 g/mol. The lowest BCUT2D eigenvalue weighted by atomic mass is 9.67. The van der Waals surface area contributed by atoms with Gasteiger partial charge in [0.2, 0.25) is 0 Å². The van der Waals surface area contributed by atoms with Crippen molar-refractivity contribution in [3.63, 3.8) is 0 Å². The number of esters is 2. The van der Waals surface area contributed by atoms with E-state index in [1.165, 1.54) is 0 Å². The molecule has 0 saturated carbocycles. The number of benzene rings is 3. The van der Waals surface area contributed by atoms with Crippen LogP contribution in [0.5, 0.6) is 5.75 Å². The van der Waals surface area contributed by atoms with Crippen LogP contribution in [0.3, 0.4) is 0 Å². The highest BCUT2D eigenvalue weighted by Gasteiger charge is 2.46. The summed E-state index contributed by atoms with van der Waals surface area (Å²) in [5, 5.41) is 0. The van der Waals surface area contributed by atoms with Crippen molar-refractivity contribution in [3.8, 4) is 16.9 Å². The molecule has 6 nitrogen and oxygen atoms in total. The number of hydrogen-bond donors (Lipinski definition) is 0. The van der Waals surface area contributed by atoms with E-state index in [4.69, 9.17) is 18.9 Å². The Bertz CT molecular complexity index is 1480. The predicted octanol–water partition coefficient (Wildman–Crippen LogP) is 6.87. The van der Waals surface area contributed by atoms with Gasteiger partial charge in [-0.1, -0.05) is 92.6 Å².